The van der Waals surface area contributed by atoms with E-state index in [0.717, 1.165) is 17.0 Å². The SMILES string of the molecule is CC[C@@H](c1ccccc1)c1nnc(NC(=O)c2ccccc2F)s1. The van der Waals surface area contributed by atoms with Gasteiger partial charge in [0.25, 0.3) is 5.91 Å². The molecule has 3 aromatic rings. The van der Waals surface area contributed by atoms with Gasteiger partial charge in [0.15, 0.2) is 0 Å². The van der Waals surface area contributed by atoms with Crippen LogP contribution in [0.15, 0.2) is 54.6 Å². The minimum absolute atomic E-state index is 0.00986. The standard InChI is InChI=1S/C18H16FN3OS/c1-2-13(12-8-4-3-5-9-12)17-21-22-18(24-17)20-16(23)14-10-6-7-11-15(14)19/h3-11,13H,2H2,1H3,(H,20,22,23)/t13-/m0/s1. The number of rotatable bonds is 5. The molecule has 0 aliphatic carbocycles. The predicted molar refractivity (Wildman–Crippen MR) is 92.8 cm³/mol. The van der Waals surface area contributed by atoms with Gasteiger partial charge in [0.1, 0.15) is 10.8 Å². The monoisotopic (exact) mass is 341 g/mol. The van der Waals surface area contributed by atoms with E-state index >= 15 is 0 Å². The second-order valence-electron chi connectivity index (χ2n) is 5.25. The van der Waals surface area contributed by atoms with Crippen molar-refractivity contribution in [1.82, 2.24) is 10.2 Å². The van der Waals surface area contributed by atoms with E-state index in [9.17, 15) is 9.18 Å². The maximum absolute atomic E-state index is 13.7. The summed E-state index contributed by atoms with van der Waals surface area (Å²) < 4.78 is 13.7. The molecule has 6 heteroatoms. The number of hydrogen-bond donors (Lipinski definition) is 1. The largest absolute Gasteiger partial charge is 0.296 e. The third-order valence-electron chi connectivity index (χ3n) is 3.69. The van der Waals surface area contributed by atoms with Crippen LogP contribution in [0.4, 0.5) is 9.52 Å². The van der Waals surface area contributed by atoms with Crippen LogP contribution in [0, 0.1) is 5.82 Å². The fourth-order valence-electron chi connectivity index (χ4n) is 2.47. The third-order valence-corrected chi connectivity index (χ3v) is 4.64. The average Bonchev–Trinajstić information content (AvgIpc) is 3.05. The van der Waals surface area contributed by atoms with Crippen molar-refractivity contribution in [2.75, 3.05) is 5.32 Å². The predicted octanol–water partition coefficient (Wildman–Crippen LogP) is 4.47. The molecule has 1 heterocycles. The maximum Gasteiger partial charge on any atom is 0.260 e. The van der Waals surface area contributed by atoms with E-state index < -0.39 is 11.7 Å². The van der Waals surface area contributed by atoms with E-state index in [1.54, 1.807) is 12.1 Å². The Morgan fingerprint density at radius 3 is 2.54 bits per heavy atom. The van der Waals surface area contributed by atoms with Crippen LogP contribution < -0.4 is 5.32 Å². The summed E-state index contributed by atoms with van der Waals surface area (Å²) in [5, 5.41) is 12.0. The number of amides is 1. The van der Waals surface area contributed by atoms with Crippen LogP contribution in [0.5, 0.6) is 0 Å². The summed E-state index contributed by atoms with van der Waals surface area (Å²) in [6.07, 6.45) is 0.875. The first kappa shape index (κ1) is 16.3. The van der Waals surface area contributed by atoms with Crippen LogP contribution in [0.3, 0.4) is 0 Å². The van der Waals surface area contributed by atoms with Gasteiger partial charge in [-0.25, -0.2) is 4.39 Å². The Bertz CT molecular complexity index is 835. The van der Waals surface area contributed by atoms with E-state index in [4.69, 9.17) is 0 Å². The molecule has 3 rings (SSSR count). The summed E-state index contributed by atoms with van der Waals surface area (Å²) in [4.78, 5) is 12.1. The van der Waals surface area contributed by atoms with E-state index in [0.29, 0.717) is 5.13 Å². The molecule has 0 unspecified atom stereocenters. The van der Waals surface area contributed by atoms with Gasteiger partial charge in [-0.1, -0.05) is 60.7 Å². The first-order valence-corrected chi connectivity index (χ1v) is 8.45. The number of halogens is 1. The van der Waals surface area contributed by atoms with Crippen molar-refractivity contribution in [2.24, 2.45) is 0 Å². The number of benzene rings is 2. The van der Waals surface area contributed by atoms with Crippen LogP contribution in [0.2, 0.25) is 0 Å². The highest BCUT2D eigenvalue weighted by Gasteiger charge is 2.19. The van der Waals surface area contributed by atoms with Crippen molar-refractivity contribution in [3.8, 4) is 0 Å². The summed E-state index contributed by atoms with van der Waals surface area (Å²) in [6.45, 7) is 2.08. The zero-order valence-electron chi connectivity index (χ0n) is 13.1. The van der Waals surface area contributed by atoms with Crippen LogP contribution in [0.25, 0.3) is 0 Å². The van der Waals surface area contributed by atoms with Gasteiger partial charge in [0.05, 0.1) is 5.56 Å². The molecule has 0 aliphatic heterocycles. The van der Waals surface area contributed by atoms with Crippen molar-refractivity contribution in [3.63, 3.8) is 0 Å². The Kier molecular flexibility index (Phi) is 4.96. The minimum Gasteiger partial charge on any atom is -0.296 e. The Morgan fingerprint density at radius 2 is 1.83 bits per heavy atom. The molecule has 0 aliphatic rings. The summed E-state index contributed by atoms with van der Waals surface area (Å²) in [5.74, 6) is -0.957. The molecule has 1 atom stereocenters. The van der Waals surface area contributed by atoms with Gasteiger partial charge in [0, 0.05) is 5.92 Å². The second kappa shape index (κ2) is 7.31. The van der Waals surface area contributed by atoms with Gasteiger partial charge in [0.2, 0.25) is 5.13 Å². The van der Waals surface area contributed by atoms with E-state index in [-0.39, 0.29) is 11.5 Å². The number of anilines is 1. The summed E-state index contributed by atoms with van der Waals surface area (Å²) in [5.41, 5.74) is 1.15. The number of carbonyl (C=O) groups is 1. The van der Waals surface area contributed by atoms with Crippen LogP contribution in [-0.4, -0.2) is 16.1 Å². The number of carbonyl (C=O) groups excluding carboxylic acids is 1. The Balaban J connectivity index is 1.78. The maximum atomic E-state index is 13.7. The van der Waals surface area contributed by atoms with Crippen molar-refractivity contribution in [1.29, 1.82) is 0 Å². The molecule has 122 valence electrons. The quantitative estimate of drug-likeness (QED) is 0.745. The van der Waals surface area contributed by atoms with E-state index in [1.165, 1.54) is 23.5 Å². The zero-order chi connectivity index (χ0) is 16.9. The molecule has 0 saturated heterocycles. The highest BCUT2D eigenvalue weighted by Crippen LogP contribution is 2.31. The first-order valence-electron chi connectivity index (χ1n) is 7.63. The van der Waals surface area contributed by atoms with Crippen molar-refractivity contribution in [3.05, 3.63) is 76.5 Å². The number of nitrogens with zero attached hydrogens (tertiary/aromatic N) is 2. The first-order chi connectivity index (χ1) is 11.7. The van der Waals surface area contributed by atoms with Gasteiger partial charge in [-0.05, 0) is 24.1 Å². The Labute approximate surface area is 143 Å². The van der Waals surface area contributed by atoms with E-state index in [2.05, 4.69) is 22.4 Å². The van der Waals surface area contributed by atoms with Gasteiger partial charge in [-0.2, -0.15) is 0 Å². The lowest BCUT2D eigenvalue weighted by atomic mass is 9.97. The summed E-state index contributed by atoms with van der Waals surface area (Å²) >= 11 is 1.31. The third kappa shape index (κ3) is 3.49. The van der Waals surface area contributed by atoms with Crippen molar-refractivity contribution in [2.45, 2.75) is 19.3 Å². The molecule has 1 N–H and O–H groups in total. The van der Waals surface area contributed by atoms with Gasteiger partial charge in [-0.15, -0.1) is 10.2 Å². The number of nitrogens with one attached hydrogen (secondary N) is 1. The van der Waals surface area contributed by atoms with Crippen molar-refractivity contribution < 1.29 is 9.18 Å². The molecule has 4 nitrogen and oxygen atoms in total. The van der Waals surface area contributed by atoms with Crippen LogP contribution in [-0.2, 0) is 0 Å². The molecule has 0 fully saturated rings. The van der Waals surface area contributed by atoms with Gasteiger partial charge < -0.3 is 0 Å². The molecular weight excluding hydrogens is 325 g/mol. The molecule has 24 heavy (non-hydrogen) atoms. The molecule has 0 radical (unpaired) electrons. The van der Waals surface area contributed by atoms with Gasteiger partial charge in [-0.3, -0.25) is 10.1 Å². The number of hydrogen-bond acceptors (Lipinski definition) is 4. The second-order valence-corrected chi connectivity index (χ2v) is 6.26. The lowest BCUT2D eigenvalue weighted by Crippen LogP contribution is -2.13. The topological polar surface area (TPSA) is 54.9 Å². The fraction of sp³-hybridized carbons (Fsp3) is 0.167. The van der Waals surface area contributed by atoms with Crippen molar-refractivity contribution >= 4 is 22.4 Å². The Hall–Kier alpha value is -2.60. The molecule has 0 saturated carbocycles. The minimum atomic E-state index is -0.560. The smallest absolute Gasteiger partial charge is 0.260 e. The molecule has 1 amide bonds. The number of aromatic nitrogens is 2. The highest BCUT2D eigenvalue weighted by molar-refractivity contribution is 7.15. The van der Waals surface area contributed by atoms with Gasteiger partial charge >= 0.3 is 0 Å². The average molecular weight is 341 g/mol. The highest BCUT2D eigenvalue weighted by atomic mass is 32.1. The lowest BCUT2D eigenvalue weighted by Gasteiger charge is -2.11. The zero-order valence-corrected chi connectivity index (χ0v) is 13.9. The Morgan fingerprint density at radius 1 is 1.12 bits per heavy atom. The molecule has 2 aromatic carbocycles. The lowest BCUT2D eigenvalue weighted by molar-refractivity contribution is 0.102. The summed E-state index contributed by atoms with van der Waals surface area (Å²) in [6, 6.07) is 15.9. The van der Waals surface area contributed by atoms with E-state index in [1.807, 2.05) is 30.3 Å². The fourth-order valence-corrected chi connectivity index (χ4v) is 3.42. The molecular formula is C18H16FN3OS. The van der Waals surface area contributed by atoms with Crippen LogP contribution >= 0.6 is 11.3 Å². The van der Waals surface area contributed by atoms with Crippen LogP contribution in [0.1, 0.15) is 40.2 Å². The molecule has 1 aromatic heterocycles. The summed E-state index contributed by atoms with van der Waals surface area (Å²) in [7, 11) is 0. The normalized spacial score (nSPS) is 11.9. The molecule has 0 bridgehead atoms. The molecule has 0 spiro atoms.